The molecule has 104 valence electrons. The van der Waals surface area contributed by atoms with Crippen molar-refractivity contribution in [2.24, 2.45) is 0 Å². The fourth-order valence-corrected chi connectivity index (χ4v) is 1.54. The lowest BCUT2D eigenvalue weighted by Gasteiger charge is -2.07. The van der Waals surface area contributed by atoms with Crippen LogP contribution in [0.2, 0.25) is 0 Å². The maximum absolute atomic E-state index is 13.5. The summed E-state index contributed by atoms with van der Waals surface area (Å²) in [5, 5.41) is 2.70. The molecule has 5 nitrogen and oxygen atoms in total. The van der Waals surface area contributed by atoms with E-state index in [4.69, 9.17) is 4.74 Å². The van der Waals surface area contributed by atoms with Gasteiger partial charge in [-0.3, -0.25) is 4.79 Å². The lowest BCUT2D eigenvalue weighted by atomic mass is 10.2. The first-order valence-corrected chi connectivity index (χ1v) is 5.67. The topological polar surface area (TPSA) is 64.1 Å². The number of carbonyl (C=O) groups excluding carboxylic acids is 1. The Morgan fingerprint density at radius 2 is 2.05 bits per heavy atom. The number of aromatic nitrogens is 2. The van der Waals surface area contributed by atoms with Crippen LogP contribution in [0.1, 0.15) is 15.9 Å². The number of pyridine rings is 2. The molecule has 1 N–H and O–H groups in total. The zero-order chi connectivity index (χ0) is 14.5. The molecule has 2 heterocycles. The summed E-state index contributed by atoms with van der Waals surface area (Å²) in [5.41, 5.74) is 0.647. The van der Waals surface area contributed by atoms with E-state index in [1.54, 1.807) is 0 Å². The molecule has 0 radical (unpaired) electrons. The van der Waals surface area contributed by atoms with Gasteiger partial charge in [-0.15, -0.1) is 0 Å². The van der Waals surface area contributed by atoms with E-state index in [-0.39, 0.29) is 23.8 Å². The number of nitrogens with one attached hydrogen (secondary N) is 1. The summed E-state index contributed by atoms with van der Waals surface area (Å²) in [6.07, 6.45) is 3.15. The van der Waals surface area contributed by atoms with E-state index in [0.29, 0.717) is 11.8 Å². The van der Waals surface area contributed by atoms with Gasteiger partial charge < -0.3 is 10.1 Å². The van der Waals surface area contributed by atoms with Crippen molar-refractivity contribution in [3.63, 3.8) is 0 Å². The van der Waals surface area contributed by atoms with Crippen molar-refractivity contribution in [2.75, 3.05) is 12.4 Å². The number of hydrogen-bond donors (Lipinski definition) is 1. The van der Waals surface area contributed by atoms with Gasteiger partial charge in [-0.1, -0.05) is 0 Å². The van der Waals surface area contributed by atoms with E-state index in [1.807, 2.05) is 0 Å². The van der Waals surface area contributed by atoms with E-state index in [0.717, 1.165) is 6.07 Å². The average Bonchev–Trinajstić information content (AvgIpc) is 2.46. The van der Waals surface area contributed by atoms with Crippen molar-refractivity contribution in [3.8, 4) is 5.88 Å². The number of ether oxygens (including phenoxy) is 1. The minimum Gasteiger partial charge on any atom is -0.479 e. The van der Waals surface area contributed by atoms with E-state index in [9.17, 15) is 13.6 Å². The lowest BCUT2D eigenvalue weighted by molar-refractivity contribution is 0.112. The van der Waals surface area contributed by atoms with Crippen molar-refractivity contribution in [1.29, 1.82) is 0 Å². The van der Waals surface area contributed by atoms with Crippen LogP contribution in [0.3, 0.4) is 0 Å². The van der Waals surface area contributed by atoms with Crippen LogP contribution in [0.15, 0.2) is 24.5 Å². The monoisotopic (exact) mass is 279 g/mol. The number of hydrogen-bond acceptors (Lipinski definition) is 5. The second-order valence-corrected chi connectivity index (χ2v) is 3.91. The van der Waals surface area contributed by atoms with Gasteiger partial charge in [-0.2, -0.15) is 0 Å². The maximum atomic E-state index is 13.5. The molecule has 2 rings (SSSR count). The standard InChI is InChI=1S/C13H11F2N3O2/c1-20-13-11(15)2-8(5-18-13)4-16-12-10(14)3-9(7-19)6-17-12/h2-3,5-7H,4H2,1H3,(H,16,17). The summed E-state index contributed by atoms with van der Waals surface area (Å²) >= 11 is 0. The Hall–Kier alpha value is -2.57. The number of rotatable bonds is 5. The van der Waals surface area contributed by atoms with Crippen molar-refractivity contribution < 1.29 is 18.3 Å². The molecule has 0 atom stereocenters. The van der Waals surface area contributed by atoms with Gasteiger partial charge in [0.15, 0.2) is 23.7 Å². The van der Waals surface area contributed by atoms with Crippen LogP contribution in [0.5, 0.6) is 5.88 Å². The van der Waals surface area contributed by atoms with Gasteiger partial charge in [0.25, 0.3) is 0 Å². The van der Waals surface area contributed by atoms with Crippen molar-refractivity contribution >= 4 is 12.1 Å². The molecular weight excluding hydrogens is 268 g/mol. The second-order valence-electron chi connectivity index (χ2n) is 3.91. The predicted molar refractivity (Wildman–Crippen MR) is 67.7 cm³/mol. The van der Waals surface area contributed by atoms with Gasteiger partial charge >= 0.3 is 0 Å². The Labute approximate surface area is 113 Å². The zero-order valence-corrected chi connectivity index (χ0v) is 10.6. The van der Waals surface area contributed by atoms with Crippen LogP contribution in [-0.2, 0) is 6.54 Å². The number of methoxy groups -OCH3 is 1. The highest BCUT2D eigenvalue weighted by atomic mass is 19.1. The number of carbonyl (C=O) groups is 1. The Balaban J connectivity index is 2.08. The van der Waals surface area contributed by atoms with E-state index in [1.165, 1.54) is 25.6 Å². The summed E-state index contributed by atoms with van der Waals surface area (Å²) in [4.78, 5) is 18.0. The van der Waals surface area contributed by atoms with Gasteiger partial charge in [0, 0.05) is 24.5 Å². The fraction of sp³-hybridized carbons (Fsp3) is 0.154. The Morgan fingerprint density at radius 3 is 2.65 bits per heavy atom. The number of nitrogens with zero attached hydrogens (tertiary/aromatic N) is 2. The van der Waals surface area contributed by atoms with Crippen molar-refractivity contribution in [1.82, 2.24) is 9.97 Å². The van der Waals surface area contributed by atoms with Crippen LogP contribution in [0, 0.1) is 11.6 Å². The molecule has 0 unspecified atom stereocenters. The first-order chi connectivity index (χ1) is 9.63. The zero-order valence-electron chi connectivity index (χ0n) is 10.6. The van der Waals surface area contributed by atoms with Crippen LogP contribution in [-0.4, -0.2) is 23.4 Å². The second kappa shape index (κ2) is 6.05. The van der Waals surface area contributed by atoms with Gasteiger partial charge in [-0.25, -0.2) is 18.7 Å². The smallest absolute Gasteiger partial charge is 0.250 e. The maximum Gasteiger partial charge on any atom is 0.250 e. The Kier molecular flexibility index (Phi) is 4.19. The van der Waals surface area contributed by atoms with Gasteiger partial charge in [0.2, 0.25) is 5.88 Å². The van der Waals surface area contributed by atoms with Crippen LogP contribution >= 0.6 is 0 Å². The molecule has 20 heavy (non-hydrogen) atoms. The summed E-state index contributed by atoms with van der Waals surface area (Å²) in [5.74, 6) is -1.38. The lowest BCUT2D eigenvalue weighted by Crippen LogP contribution is -2.05. The van der Waals surface area contributed by atoms with Gasteiger partial charge in [-0.05, 0) is 17.7 Å². The SMILES string of the molecule is COc1ncc(CNc2ncc(C=O)cc2F)cc1F. The van der Waals surface area contributed by atoms with Crippen LogP contribution in [0.25, 0.3) is 0 Å². The highest BCUT2D eigenvalue weighted by molar-refractivity contribution is 5.74. The number of anilines is 1. The quantitative estimate of drug-likeness (QED) is 0.850. The number of halogens is 2. The Morgan fingerprint density at radius 1 is 1.25 bits per heavy atom. The van der Waals surface area contributed by atoms with Crippen LogP contribution in [0.4, 0.5) is 14.6 Å². The minimum atomic E-state index is -0.656. The molecule has 0 fully saturated rings. The highest BCUT2D eigenvalue weighted by Gasteiger charge is 2.07. The molecular formula is C13H11F2N3O2. The third-order valence-electron chi connectivity index (χ3n) is 2.52. The molecule has 0 saturated heterocycles. The van der Waals surface area contributed by atoms with Gasteiger partial charge in [0.1, 0.15) is 0 Å². The number of aldehydes is 1. The molecule has 7 heteroatoms. The van der Waals surface area contributed by atoms with Crippen LogP contribution < -0.4 is 10.1 Å². The first kappa shape index (κ1) is 13.9. The molecule has 0 aliphatic carbocycles. The van der Waals surface area contributed by atoms with E-state index in [2.05, 4.69) is 15.3 Å². The summed E-state index contributed by atoms with van der Waals surface area (Å²) < 4.78 is 31.7. The van der Waals surface area contributed by atoms with E-state index >= 15 is 0 Å². The summed E-state index contributed by atoms with van der Waals surface area (Å²) in [6.45, 7) is 0.137. The summed E-state index contributed by atoms with van der Waals surface area (Å²) in [7, 11) is 1.32. The fourth-order valence-electron chi connectivity index (χ4n) is 1.54. The molecule has 2 aromatic heterocycles. The molecule has 0 bridgehead atoms. The third kappa shape index (κ3) is 3.05. The normalized spacial score (nSPS) is 10.2. The molecule has 0 amide bonds. The molecule has 0 aliphatic rings. The molecule has 0 aromatic carbocycles. The first-order valence-electron chi connectivity index (χ1n) is 5.67. The molecule has 0 spiro atoms. The van der Waals surface area contributed by atoms with Crippen molar-refractivity contribution in [2.45, 2.75) is 6.54 Å². The highest BCUT2D eigenvalue weighted by Crippen LogP contribution is 2.16. The average molecular weight is 279 g/mol. The largest absolute Gasteiger partial charge is 0.479 e. The van der Waals surface area contributed by atoms with Crippen molar-refractivity contribution in [3.05, 3.63) is 47.3 Å². The summed E-state index contributed by atoms with van der Waals surface area (Å²) in [6, 6.07) is 2.30. The molecule has 2 aromatic rings. The Bertz CT molecular complexity index is 635. The predicted octanol–water partition coefficient (Wildman–Crippen LogP) is 2.19. The molecule has 0 aliphatic heterocycles. The van der Waals surface area contributed by atoms with Gasteiger partial charge in [0.05, 0.1) is 7.11 Å². The third-order valence-corrected chi connectivity index (χ3v) is 2.52. The van der Waals surface area contributed by atoms with E-state index < -0.39 is 11.6 Å². The molecule has 0 saturated carbocycles. The minimum absolute atomic E-state index is 0.0215.